The van der Waals surface area contributed by atoms with Gasteiger partial charge in [0.15, 0.2) is 22.8 Å². The van der Waals surface area contributed by atoms with Gasteiger partial charge in [-0.2, -0.15) is 0 Å². The number of aryl methyl sites for hydroxylation is 1. The molecule has 0 bridgehead atoms. The third kappa shape index (κ3) is 4.27. The van der Waals surface area contributed by atoms with Gasteiger partial charge in [0, 0.05) is 24.3 Å². The normalized spacial score (nSPS) is 15.3. The minimum absolute atomic E-state index is 0.212. The molecule has 1 aliphatic heterocycles. The molecule has 0 N–H and O–H groups in total. The smallest absolute Gasteiger partial charge is 0.421 e. The summed E-state index contributed by atoms with van der Waals surface area (Å²) in [6.07, 6.45) is 5.69. The summed E-state index contributed by atoms with van der Waals surface area (Å²) in [6.45, 7) is 4.33. The van der Waals surface area contributed by atoms with Gasteiger partial charge in [0.25, 0.3) is 0 Å². The number of likely N-dealkylation sites (tertiary alicyclic amines) is 1. The molecule has 1 aliphatic rings. The van der Waals surface area contributed by atoms with Crippen molar-refractivity contribution in [3.63, 3.8) is 0 Å². The lowest BCUT2D eigenvalue weighted by Crippen LogP contribution is -2.35. The second kappa shape index (κ2) is 8.55. The number of aromatic nitrogens is 4. The van der Waals surface area contributed by atoms with E-state index >= 15 is 0 Å². The first kappa shape index (κ1) is 20.4. The molecule has 0 radical (unpaired) electrons. The lowest BCUT2D eigenvalue weighted by atomic mass is 10.1. The minimum atomic E-state index is -0.421. The first-order valence-corrected chi connectivity index (χ1v) is 10.8. The maximum absolute atomic E-state index is 12.3. The summed E-state index contributed by atoms with van der Waals surface area (Å²) in [4.78, 5) is 28.1. The van der Waals surface area contributed by atoms with Crippen LogP contribution in [0.5, 0.6) is 5.75 Å². The van der Waals surface area contributed by atoms with Gasteiger partial charge in [0.1, 0.15) is 6.10 Å². The Morgan fingerprint density at radius 1 is 1.12 bits per heavy atom. The predicted molar refractivity (Wildman–Crippen MR) is 121 cm³/mol. The molecule has 1 aromatic carbocycles. The summed E-state index contributed by atoms with van der Waals surface area (Å²) in [5.74, 6) is 0.883. The largest absolute Gasteiger partial charge is 0.487 e. The number of oxazole rings is 1. The fourth-order valence-electron chi connectivity index (χ4n) is 3.99. The second-order valence-electron chi connectivity index (χ2n) is 8.29. The maximum Gasteiger partial charge on any atom is 0.421 e. The molecule has 0 spiro atoms. The Labute approximate surface area is 185 Å². The van der Waals surface area contributed by atoms with E-state index in [1.807, 2.05) is 37.3 Å². The van der Waals surface area contributed by atoms with Crippen LogP contribution in [0.25, 0.3) is 22.6 Å². The van der Waals surface area contributed by atoms with E-state index in [1.165, 1.54) is 0 Å². The number of ether oxygens (including phenoxy) is 1. The topological polar surface area (TPSA) is 86.3 Å². The Hall–Kier alpha value is -3.52. The lowest BCUT2D eigenvalue weighted by Gasteiger charge is -2.29. The van der Waals surface area contributed by atoms with E-state index in [0.717, 1.165) is 42.8 Å². The number of nitrogens with zero attached hydrogens (tertiary/aromatic N) is 5. The van der Waals surface area contributed by atoms with Crippen LogP contribution in [0.2, 0.25) is 0 Å². The highest BCUT2D eigenvalue weighted by molar-refractivity contribution is 5.68. The number of rotatable bonds is 5. The van der Waals surface area contributed by atoms with Crippen molar-refractivity contribution in [2.45, 2.75) is 32.4 Å². The van der Waals surface area contributed by atoms with Crippen molar-refractivity contribution in [2.75, 3.05) is 20.1 Å². The molecule has 3 aromatic heterocycles. The van der Waals surface area contributed by atoms with Crippen LogP contribution in [0.3, 0.4) is 0 Å². The summed E-state index contributed by atoms with van der Waals surface area (Å²) >= 11 is 0. The highest BCUT2D eigenvalue weighted by atomic mass is 16.5. The van der Waals surface area contributed by atoms with Crippen LogP contribution in [-0.2, 0) is 6.54 Å². The van der Waals surface area contributed by atoms with Gasteiger partial charge in [-0.25, -0.2) is 19.7 Å². The molecule has 0 atom stereocenters. The standard InChI is InChI=1S/C24H25N5O3/c1-16-6-7-21-23(27-16)29(24(30)32-21)15-17-4-3-5-18(12-17)22-25-13-20(14-26-22)31-19-8-10-28(2)11-9-19/h3-7,12-14,19H,8-11,15H2,1-2H3. The van der Waals surface area contributed by atoms with Crippen LogP contribution in [0.4, 0.5) is 0 Å². The quantitative estimate of drug-likeness (QED) is 0.479. The van der Waals surface area contributed by atoms with Crippen molar-refractivity contribution >= 4 is 11.2 Å². The van der Waals surface area contributed by atoms with Crippen LogP contribution in [0.1, 0.15) is 24.1 Å². The molecule has 1 fully saturated rings. The molecule has 4 heterocycles. The van der Waals surface area contributed by atoms with E-state index in [0.29, 0.717) is 29.3 Å². The van der Waals surface area contributed by atoms with Crippen molar-refractivity contribution in [3.05, 3.63) is 70.6 Å². The molecular weight excluding hydrogens is 406 g/mol. The predicted octanol–water partition coefficient (Wildman–Crippen LogP) is 3.28. The zero-order valence-electron chi connectivity index (χ0n) is 18.2. The Morgan fingerprint density at radius 3 is 2.69 bits per heavy atom. The minimum Gasteiger partial charge on any atom is -0.487 e. The zero-order chi connectivity index (χ0) is 22.1. The van der Waals surface area contributed by atoms with Gasteiger partial charge >= 0.3 is 5.76 Å². The van der Waals surface area contributed by atoms with E-state index in [4.69, 9.17) is 9.15 Å². The van der Waals surface area contributed by atoms with Crippen LogP contribution in [0, 0.1) is 6.92 Å². The lowest BCUT2D eigenvalue weighted by molar-refractivity contribution is 0.113. The molecular formula is C24H25N5O3. The summed E-state index contributed by atoms with van der Waals surface area (Å²) < 4.78 is 12.9. The summed E-state index contributed by atoms with van der Waals surface area (Å²) in [5.41, 5.74) is 3.67. The van der Waals surface area contributed by atoms with Crippen molar-refractivity contribution in [1.82, 2.24) is 24.4 Å². The summed E-state index contributed by atoms with van der Waals surface area (Å²) in [5, 5.41) is 0. The Balaban J connectivity index is 1.34. The van der Waals surface area contributed by atoms with Gasteiger partial charge in [0.2, 0.25) is 0 Å². The highest BCUT2D eigenvalue weighted by Crippen LogP contribution is 2.21. The number of fused-ring (bicyclic) bond motifs is 1. The highest BCUT2D eigenvalue weighted by Gasteiger charge is 2.18. The van der Waals surface area contributed by atoms with Crippen molar-refractivity contribution in [3.8, 4) is 17.1 Å². The van der Waals surface area contributed by atoms with E-state index in [2.05, 4.69) is 26.9 Å². The number of piperidine rings is 1. The fourth-order valence-corrected chi connectivity index (χ4v) is 3.99. The maximum atomic E-state index is 12.3. The molecule has 5 rings (SSSR count). The van der Waals surface area contributed by atoms with Crippen LogP contribution in [0.15, 0.2) is 58.0 Å². The summed E-state index contributed by atoms with van der Waals surface area (Å²) in [7, 11) is 2.13. The van der Waals surface area contributed by atoms with Crippen LogP contribution >= 0.6 is 0 Å². The van der Waals surface area contributed by atoms with Crippen molar-refractivity contribution in [2.24, 2.45) is 0 Å². The average Bonchev–Trinajstić information content (AvgIpc) is 3.10. The summed E-state index contributed by atoms with van der Waals surface area (Å²) in [6, 6.07) is 11.4. The molecule has 0 saturated carbocycles. The molecule has 4 aromatic rings. The van der Waals surface area contributed by atoms with Gasteiger partial charge in [-0.15, -0.1) is 0 Å². The molecule has 0 aliphatic carbocycles. The van der Waals surface area contributed by atoms with Gasteiger partial charge in [-0.3, -0.25) is 4.57 Å². The molecule has 32 heavy (non-hydrogen) atoms. The van der Waals surface area contributed by atoms with E-state index in [9.17, 15) is 4.79 Å². The molecule has 8 nitrogen and oxygen atoms in total. The van der Waals surface area contributed by atoms with Crippen molar-refractivity contribution in [1.29, 1.82) is 0 Å². The molecule has 0 unspecified atom stereocenters. The van der Waals surface area contributed by atoms with Gasteiger partial charge < -0.3 is 14.1 Å². The molecule has 0 amide bonds. The first-order chi connectivity index (χ1) is 15.5. The van der Waals surface area contributed by atoms with Gasteiger partial charge in [-0.1, -0.05) is 18.2 Å². The average molecular weight is 431 g/mol. The third-order valence-corrected chi connectivity index (χ3v) is 5.77. The zero-order valence-corrected chi connectivity index (χ0v) is 18.2. The molecule has 1 saturated heterocycles. The van der Waals surface area contributed by atoms with E-state index in [1.54, 1.807) is 23.0 Å². The number of pyridine rings is 1. The Morgan fingerprint density at radius 2 is 1.91 bits per heavy atom. The Kier molecular flexibility index (Phi) is 5.45. The molecule has 8 heteroatoms. The number of hydrogen-bond donors (Lipinski definition) is 0. The van der Waals surface area contributed by atoms with Gasteiger partial charge in [0.05, 0.1) is 18.9 Å². The Bertz CT molecular complexity index is 1290. The number of hydrogen-bond acceptors (Lipinski definition) is 7. The fraction of sp³-hybridized carbons (Fsp3) is 0.333. The third-order valence-electron chi connectivity index (χ3n) is 5.77. The van der Waals surface area contributed by atoms with E-state index in [-0.39, 0.29) is 6.10 Å². The number of benzene rings is 1. The first-order valence-electron chi connectivity index (χ1n) is 10.8. The van der Waals surface area contributed by atoms with Gasteiger partial charge in [-0.05, 0) is 50.6 Å². The molecule has 164 valence electrons. The van der Waals surface area contributed by atoms with Crippen molar-refractivity contribution < 1.29 is 9.15 Å². The van der Waals surface area contributed by atoms with Crippen LogP contribution in [-0.4, -0.2) is 50.7 Å². The SMILES string of the molecule is Cc1ccc2oc(=O)n(Cc3cccc(-c4ncc(OC5CCN(C)CC5)cn4)c3)c2n1. The monoisotopic (exact) mass is 431 g/mol. The van der Waals surface area contributed by atoms with E-state index < -0.39 is 5.76 Å². The van der Waals surface area contributed by atoms with Crippen LogP contribution < -0.4 is 10.5 Å². The second-order valence-corrected chi connectivity index (χ2v) is 8.29.